The molecule has 1 heterocycles. The van der Waals surface area contributed by atoms with E-state index in [0.717, 1.165) is 29.6 Å². The standard InChI is InChI=1S/C16H25NO3S2Si/c1-4-18-23(19-5-2,20-6-3)13-9-12-16-17-14-10-7-8-11-15(14)22(16)21/h7-8,10-11H,4-6,9,12-13H2,1-3H3. The maximum atomic E-state index is 5.89. The van der Waals surface area contributed by atoms with Crippen LogP contribution in [0.1, 0.15) is 33.6 Å². The minimum absolute atomic E-state index is 0.299. The third-order valence-electron chi connectivity index (χ3n) is 3.49. The molecule has 7 heteroatoms. The number of para-hydroxylation sites is 1. The number of hydrogen-bond acceptors (Lipinski definition) is 5. The van der Waals surface area contributed by atoms with Crippen LogP contribution >= 0.6 is 0 Å². The van der Waals surface area contributed by atoms with Gasteiger partial charge in [0.15, 0.2) is 0 Å². The van der Waals surface area contributed by atoms with Gasteiger partial charge in [-0.05, 0) is 66.4 Å². The van der Waals surface area contributed by atoms with Crippen LogP contribution in [0, 0.1) is 0 Å². The van der Waals surface area contributed by atoms with Crippen LogP contribution in [0.25, 0.3) is 0 Å². The number of benzene rings is 1. The molecule has 0 aliphatic carbocycles. The van der Waals surface area contributed by atoms with Gasteiger partial charge in [0, 0.05) is 30.8 Å². The van der Waals surface area contributed by atoms with E-state index < -0.39 is 8.80 Å². The van der Waals surface area contributed by atoms with Crippen LogP contribution in [0.15, 0.2) is 34.2 Å². The van der Waals surface area contributed by atoms with Crippen LogP contribution in [0.4, 0.5) is 5.69 Å². The van der Waals surface area contributed by atoms with Crippen molar-refractivity contribution in [3.8, 4) is 0 Å². The van der Waals surface area contributed by atoms with E-state index in [4.69, 9.17) is 29.5 Å². The zero-order valence-corrected chi connectivity index (χ0v) is 16.7. The van der Waals surface area contributed by atoms with E-state index >= 15 is 0 Å². The molecule has 23 heavy (non-hydrogen) atoms. The lowest BCUT2D eigenvalue weighted by Crippen LogP contribution is -2.46. The summed E-state index contributed by atoms with van der Waals surface area (Å²) in [7, 11) is -2.85. The van der Waals surface area contributed by atoms with Gasteiger partial charge in [-0.3, -0.25) is 0 Å². The summed E-state index contributed by atoms with van der Waals surface area (Å²) in [6.45, 7) is 7.80. The van der Waals surface area contributed by atoms with Crippen LogP contribution in [-0.2, 0) is 33.9 Å². The highest BCUT2D eigenvalue weighted by Crippen LogP contribution is 2.32. The molecule has 0 saturated carbocycles. The van der Waals surface area contributed by atoms with Crippen molar-refractivity contribution < 1.29 is 13.3 Å². The van der Waals surface area contributed by atoms with Crippen molar-refractivity contribution in [3.05, 3.63) is 24.3 Å². The Labute approximate surface area is 147 Å². The van der Waals surface area contributed by atoms with Gasteiger partial charge in [0.05, 0.1) is 10.7 Å². The predicted octanol–water partition coefficient (Wildman–Crippen LogP) is 4.00. The lowest BCUT2D eigenvalue weighted by molar-refractivity contribution is 0.0710. The van der Waals surface area contributed by atoms with Crippen molar-refractivity contribution in [1.82, 2.24) is 0 Å². The Morgan fingerprint density at radius 3 is 2.22 bits per heavy atom. The molecule has 1 aliphatic heterocycles. The molecule has 1 unspecified atom stereocenters. The van der Waals surface area contributed by atoms with Gasteiger partial charge in [0.1, 0.15) is 0 Å². The highest BCUT2D eigenvalue weighted by molar-refractivity contribution is 8.37. The summed E-state index contributed by atoms with van der Waals surface area (Å²) in [6.07, 6.45) is 1.81. The fraction of sp³-hybridized carbons (Fsp3) is 0.562. The summed E-state index contributed by atoms with van der Waals surface area (Å²) in [4.78, 5) is 5.89. The first-order valence-corrected chi connectivity index (χ1v) is 12.2. The summed E-state index contributed by atoms with van der Waals surface area (Å²) >= 11 is 5.65. The van der Waals surface area contributed by atoms with Crippen molar-refractivity contribution in [3.63, 3.8) is 0 Å². The van der Waals surface area contributed by atoms with Gasteiger partial charge in [-0.25, -0.2) is 4.99 Å². The van der Waals surface area contributed by atoms with E-state index in [1.54, 1.807) is 0 Å². The van der Waals surface area contributed by atoms with Gasteiger partial charge in [0.25, 0.3) is 0 Å². The average molecular weight is 372 g/mol. The molecule has 1 aromatic carbocycles. The SMILES string of the molecule is CCO[Si](CCCC1=Nc2ccccc2S1=S)(OCC)OCC. The number of nitrogens with zero attached hydrogens (tertiary/aromatic N) is 1. The summed E-state index contributed by atoms with van der Waals surface area (Å²) in [5, 5.41) is 1.11. The van der Waals surface area contributed by atoms with Gasteiger partial charge < -0.3 is 13.3 Å². The van der Waals surface area contributed by atoms with Crippen molar-refractivity contribution in [2.75, 3.05) is 19.8 Å². The number of rotatable bonds is 10. The second-order valence-electron chi connectivity index (χ2n) is 5.08. The Morgan fingerprint density at radius 1 is 1.04 bits per heavy atom. The molecule has 0 amide bonds. The summed E-state index contributed by atoms with van der Waals surface area (Å²) in [5.41, 5.74) is 1.03. The maximum absolute atomic E-state index is 5.89. The number of aliphatic imine (C=N–C) groups is 1. The fourth-order valence-corrected chi connectivity index (χ4v) is 7.28. The lowest BCUT2D eigenvalue weighted by atomic mass is 10.3. The molecule has 2 rings (SSSR count). The Morgan fingerprint density at radius 2 is 1.65 bits per heavy atom. The van der Waals surface area contributed by atoms with Crippen LogP contribution < -0.4 is 0 Å². The number of fused-ring (bicyclic) bond motifs is 1. The molecule has 0 bridgehead atoms. The summed E-state index contributed by atoms with van der Waals surface area (Å²) in [6, 6.07) is 8.97. The van der Waals surface area contributed by atoms with Gasteiger partial charge in [-0.1, -0.05) is 12.1 Å². The van der Waals surface area contributed by atoms with E-state index in [0.29, 0.717) is 19.8 Å². The highest BCUT2D eigenvalue weighted by atomic mass is 32.8. The van der Waals surface area contributed by atoms with Crippen LogP contribution in [0.5, 0.6) is 0 Å². The fourth-order valence-electron chi connectivity index (χ4n) is 2.61. The smallest absolute Gasteiger partial charge is 0.374 e. The zero-order chi connectivity index (χ0) is 16.7. The molecule has 0 aromatic heterocycles. The summed E-state index contributed by atoms with van der Waals surface area (Å²) < 4.78 is 17.7. The van der Waals surface area contributed by atoms with Crippen molar-refractivity contribution in [1.29, 1.82) is 0 Å². The van der Waals surface area contributed by atoms with Gasteiger partial charge in [-0.2, -0.15) is 0 Å². The van der Waals surface area contributed by atoms with Gasteiger partial charge in [-0.15, -0.1) is 0 Å². The first-order chi connectivity index (χ1) is 11.2. The van der Waals surface area contributed by atoms with E-state index in [2.05, 4.69) is 6.07 Å². The van der Waals surface area contributed by atoms with Crippen LogP contribution in [0.2, 0.25) is 6.04 Å². The average Bonchev–Trinajstić information content (AvgIpc) is 2.85. The highest BCUT2D eigenvalue weighted by Gasteiger charge is 2.39. The Hall–Kier alpha value is -0.443. The topological polar surface area (TPSA) is 40.0 Å². The molecule has 0 fully saturated rings. The van der Waals surface area contributed by atoms with Crippen LogP contribution in [0.3, 0.4) is 0 Å². The molecule has 0 radical (unpaired) electrons. The minimum Gasteiger partial charge on any atom is -0.374 e. The van der Waals surface area contributed by atoms with Crippen LogP contribution in [-0.4, -0.2) is 33.7 Å². The molecule has 1 aliphatic rings. The Bertz CT molecular complexity index is 563. The van der Waals surface area contributed by atoms with Gasteiger partial charge >= 0.3 is 8.80 Å². The summed E-state index contributed by atoms with van der Waals surface area (Å²) in [5.74, 6) is 0. The first kappa shape index (κ1) is 18.9. The molecule has 1 atom stereocenters. The minimum atomic E-state index is -2.56. The predicted molar refractivity (Wildman–Crippen MR) is 101 cm³/mol. The normalized spacial score (nSPS) is 17.2. The van der Waals surface area contributed by atoms with Crippen molar-refractivity contribution in [2.24, 2.45) is 4.99 Å². The number of hydrogen-bond donors (Lipinski definition) is 0. The molecule has 128 valence electrons. The molecule has 4 nitrogen and oxygen atoms in total. The van der Waals surface area contributed by atoms with E-state index in [1.165, 1.54) is 4.90 Å². The maximum Gasteiger partial charge on any atom is 0.500 e. The second-order valence-corrected chi connectivity index (χ2v) is 10.3. The third kappa shape index (κ3) is 4.77. The van der Waals surface area contributed by atoms with E-state index in [-0.39, 0.29) is 9.45 Å². The largest absolute Gasteiger partial charge is 0.500 e. The molecule has 1 aromatic rings. The molecule has 0 saturated heterocycles. The Balaban J connectivity index is 1.96. The van der Waals surface area contributed by atoms with E-state index in [9.17, 15) is 0 Å². The van der Waals surface area contributed by atoms with Crippen molar-refractivity contribution in [2.45, 2.75) is 44.6 Å². The molecule has 0 N–H and O–H groups in total. The Kier molecular flexibility index (Phi) is 7.51. The molecular formula is C16H25NO3S2Si. The monoisotopic (exact) mass is 371 g/mol. The van der Waals surface area contributed by atoms with E-state index in [1.807, 2.05) is 39.0 Å². The first-order valence-electron chi connectivity index (χ1n) is 8.16. The lowest BCUT2D eigenvalue weighted by Gasteiger charge is -2.28. The second kappa shape index (κ2) is 9.15. The quantitative estimate of drug-likeness (QED) is 0.583. The molecular weight excluding hydrogens is 346 g/mol. The molecule has 0 spiro atoms. The van der Waals surface area contributed by atoms with Gasteiger partial charge in [0.2, 0.25) is 0 Å². The van der Waals surface area contributed by atoms with Crippen molar-refractivity contribution >= 4 is 40.2 Å². The third-order valence-corrected chi connectivity index (χ3v) is 9.23. The zero-order valence-electron chi connectivity index (χ0n) is 14.0.